The monoisotopic (exact) mass is 411 g/mol. The maximum Gasteiger partial charge on any atom is 0.324 e. The van der Waals surface area contributed by atoms with Crippen molar-refractivity contribution < 1.29 is 22.2 Å². The minimum atomic E-state index is -4.34. The number of hydrogen-bond acceptors (Lipinski definition) is 4. The highest BCUT2D eigenvalue weighted by Gasteiger charge is 2.46. The number of quaternary nitrogens is 2. The Morgan fingerprint density at radius 3 is 2.39 bits per heavy atom. The first kappa shape index (κ1) is 22.7. The molecule has 0 fully saturated rings. The lowest BCUT2D eigenvalue weighted by atomic mass is 10.1. The predicted octanol–water partition coefficient (Wildman–Crippen LogP) is 2.77. The molecule has 1 atom stereocenters. The lowest BCUT2D eigenvalue weighted by Gasteiger charge is -2.32. The predicted molar refractivity (Wildman–Crippen MR) is 112 cm³/mol. The van der Waals surface area contributed by atoms with Gasteiger partial charge in [-0.2, -0.15) is 12.9 Å². The van der Waals surface area contributed by atoms with Crippen LogP contribution < -0.4 is 4.48 Å². The van der Waals surface area contributed by atoms with Crippen LogP contribution in [0.1, 0.15) is 38.2 Å². The van der Waals surface area contributed by atoms with E-state index in [0.29, 0.717) is 31.0 Å². The average molecular weight is 412 g/mol. The number of benzene rings is 1. The van der Waals surface area contributed by atoms with Crippen molar-refractivity contribution in [2.45, 2.75) is 44.4 Å². The second-order valence-corrected chi connectivity index (χ2v) is 10.0. The fraction of sp³-hybridized carbons (Fsp3) is 0.600. The van der Waals surface area contributed by atoms with E-state index >= 15 is 0 Å². The number of amides is 1. The molecular formula is C20H33N3O4S+2. The summed E-state index contributed by atoms with van der Waals surface area (Å²) < 4.78 is 33.6. The Balaban J connectivity index is 2.26. The number of aliphatic imine (C=N–C) groups is 1. The summed E-state index contributed by atoms with van der Waals surface area (Å²) in [6.45, 7) is 5.74. The van der Waals surface area contributed by atoms with E-state index in [0.717, 1.165) is 35.9 Å². The van der Waals surface area contributed by atoms with Crippen LogP contribution in [0.15, 0.2) is 28.1 Å². The first-order chi connectivity index (χ1) is 12.9. The summed E-state index contributed by atoms with van der Waals surface area (Å²) in [6.07, 6.45) is 3.24. The van der Waals surface area contributed by atoms with Gasteiger partial charge in [-0.25, -0.2) is 9.79 Å². The molecule has 0 saturated heterocycles. The molecule has 1 aromatic carbocycles. The van der Waals surface area contributed by atoms with Gasteiger partial charge in [-0.1, -0.05) is 6.07 Å². The summed E-state index contributed by atoms with van der Waals surface area (Å²) in [5.74, 6) is 0.700. The van der Waals surface area contributed by atoms with Gasteiger partial charge >= 0.3 is 5.91 Å². The molecule has 1 amide bonds. The summed E-state index contributed by atoms with van der Waals surface area (Å²) in [4.78, 5) is 17.6. The van der Waals surface area contributed by atoms with Gasteiger partial charge in [-0.05, 0) is 32.3 Å². The van der Waals surface area contributed by atoms with E-state index in [4.69, 9.17) is 0 Å². The number of aryl methyl sites for hydroxylation is 1. The van der Waals surface area contributed by atoms with E-state index in [9.17, 15) is 17.8 Å². The van der Waals surface area contributed by atoms with Crippen molar-refractivity contribution in [2.24, 2.45) is 4.99 Å². The van der Waals surface area contributed by atoms with E-state index < -0.39 is 10.1 Å². The van der Waals surface area contributed by atoms with Crippen LogP contribution in [-0.2, 0) is 14.9 Å². The van der Waals surface area contributed by atoms with Crippen LogP contribution >= 0.6 is 0 Å². The average Bonchev–Trinajstić information content (AvgIpc) is 2.95. The Labute approximate surface area is 168 Å². The number of hydrogen-bond donors (Lipinski definition) is 1. The van der Waals surface area contributed by atoms with Gasteiger partial charge in [0.1, 0.15) is 6.54 Å². The fourth-order valence-corrected chi connectivity index (χ4v) is 4.27. The molecule has 0 radical (unpaired) electrons. The molecule has 1 unspecified atom stereocenters. The molecule has 0 aromatic heterocycles. The van der Waals surface area contributed by atoms with Gasteiger partial charge in [0.25, 0.3) is 10.1 Å². The van der Waals surface area contributed by atoms with Crippen molar-refractivity contribution in [3.63, 3.8) is 0 Å². The van der Waals surface area contributed by atoms with Gasteiger partial charge in [0, 0.05) is 18.6 Å². The molecule has 1 heterocycles. The van der Waals surface area contributed by atoms with Crippen LogP contribution in [0.3, 0.4) is 0 Å². The molecule has 0 aliphatic carbocycles. The van der Waals surface area contributed by atoms with E-state index in [-0.39, 0.29) is 15.3 Å². The molecular weight excluding hydrogens is 378 g/mol. The quantitative estimate of drug-likeness (QED) is 0.405. The number of nitrogens with zero attached hydrogens (tertiary/aromatic N) is 3. The van der Waals surface area contributed by atoms with Crippen molar-refractivity contribution in [1.29, 1.82) is 0 Å². The Hall–Kier alpha value is -1.61. The van der Waals surface area contributed by atoms with Gasteiger partial charge < -0.3 is 4.48 Å². The first-order valence-electron chi connectivity index (χ1n) is 9.70. The summed E-state index contributed by atoms with van der Waals surface area (Å²) >= 11 is 0. The Morgan fingerprint density at radius 1 is 1.18 bits per heavy atom. The highest BCUT2D eigenvalue weighted by Crippen LogP contribution is 2.34. The summed E-state index contributed by atoms with van der Waals surface area (Å²) in [7, 11) is 2.12. The van der Waals surface area contributed by atoms with Crippen LogP contribution in [-0.4, -0.2) is 70.0 Å². The third-order valence-corrected chi connectivity index (χ3v) is 6.21. The maximum atomic E-state index is 13.3. The molecule has 1 N–H and O–H groups in total. The van der Waals surface area contributed by atoms with Gasteiger partial charge in [0.15, 0.2) is 5.69 Å². The number of amidine groups is 1. The Bertz CT molecular complexity index is 872. The normalized spacial score (nSPS) is 20.3. The topological polar surface area (TPSA) is 83.8 Å². The van der Waals surface area contributed by atoms with Gasteiger partial charge in [0.05, 0.1) is 45.5 Å². The van der Waals surface area contributed by atoms with E-state index in [1.165, 1.54) is 12.1 Å². The Kier molecular flexibility index (Phi) is 6.81. The number of rotatable bonds is 8. The third-order valence-electron chi connectivity index (χ3n) is 5.36. The zero-order valence-corrected chi connectivity index (χ0v) is 18.4. The molecule has 1 aliphatic rings. The largest absolute Gasteiger partial charge is 0.331 e. The molecule has 2 rings (SSSR count). The zero-order chi connectivity index (χ0) is 21.2. The highest BCUT2D eigenvalue weighted by atomic mass is 32.2. The first-order valence-corrected chi connectivity index (χ1v) is 11.1. The standard InChI is InChI=1S/C20H32N3O4S/c1-16-10-11-18(28(25,26)27)15-19(16)23(14-12-21-17(23)2)20(24)9-7-6-8-13-22(3,4)5/h10-11,15H,6-9,12-14H2,1-5H3/q+1/p+1. The smallest absolute Gasteiger partial charge is 0.324 e. The van der Waals surface area contributed by atoms with Crippen LogP contribution in [0, 0.1) is 6.92 Å². The van der Waals surface area contributed by atoms with E-state index in [1.807, 2.05) is 13.8 Å². The summed E-state index contributed by atoms with van der Waals surface area (Å²) in [5, 5.41) is 0. The van der Waals surface area contributed by atoms with Crippen molar-refractivity contribution in [1.82, 2.24) is 4.48 Å². The minimum Gasteiger partial charge on any atom is -0.331 e. The Morgan fingerprint density at radius 2 is 1.86 bits per heavy atom. The number of unbranched alkanes of at least 4 members (excludes halogenated alkanes) is 2. The third kappa shape index (κ3) is 5.05. The van der Waals surface area contributed by atoms with Crippen LogP contribution in [0.25, 0.3) is 0 Å². The molecule has 8 heteroatoms. The second kappa shape index (κ2) is 8.41. The minimum absolute atomic E-state index is 0.0274. The molecule has 0 bridgehead atoms. The van der Waals surface area contributed by atoms with Crippen LogP contribution in [0.5, 0.6) is 0 Å². The molecule has 0 spiro atoms. The maximum absolute atomic E-state index is 13.3. The molecule has 1 aliphatic heterocycles. The molecule has 156 valence electrons. The van der Waals surface area contributed by atoms with Gasteiger partial charge in [0.2, 0.25) is 5.84 Å². The molecule has 0 saturated carbocycles. The van der Waals surface area contributed by atoms with E-state index in [1.54, 1.807) is 6.07 Å². The van der Waals surface area contributed by atoms with Gasteiger partial charge in [-0.3, -0.25) is 4.55 Å². The van der Waals surface area contributed by atoms with Crippen molar-refractivity contribution in [3.8, 4) is 0 Å². The number of carbonyl (C=O) groups is 1. The molecule has 7 nitrogen and oxygen atoms in total. The van der Waals surface area contributed by atoms with E-state index in [2.05, 4.69) is 26.1 Å². The molecule has 1 aromatic rings. The van der Waals surface area contributed by atoms with Crippen molar-refractivity contribution in [2.75, 3.05) is 40.8 Å². The lowest BCUT2D eigenvalue weighted by Crippen LogP contribution is -2.56. The second-order valence-electron chi connectivity index (χ2n) is 8.60. The summed E-state index contributed by atoms with van der Waals surface area (Å²) in [6, 6.07) is 4.42. The molecule has 28 heavy (non-hydrogen) atoms. The fourth-order valence-electron chi connectivity index (χ4n) is 3.77. The van der Waals surface area contributed by atoms with Crippen LogP contribution in [0.2, 0.25) is 0 Å². The SMILES string of the molecule is CC1=NCC[N+]1(C(=O)CCCCC[N+](C)(C)C)c1cc(S(=O)(=O)O)ccc1C. The van der Waals surface area contributed by atoms with Crippen molar-refractivity contribution in [3.05, 3.63) is 23.8 Å². The van der Waals surface area contributed by atoms with Crippen LogP contribution in [0.4, 0.5) is 5.69 Å². The lowest BCUT2D eigenvalue weighted by molar-refractivity contribution is -0.870. The van der Waals surface area contributed by atoms with Gasteiger partial charge in [-0.15, -0.1) is 0 Å². The van der Waals surface area contributed by atoms with Crippen molar-refractivity contribution >= 4 is 27.5 Å². The zero-order valence-electron chi connectivity index (χ0n) is 17.6. The number of carbonyl (C=O) groups excluding carboxylic acids is 1. The highest BCUT2D eigenvalue weighted by molar-refractivity contribution is 7.85. The summed E-state index contributed by atoms with van der Waals surface area (Å²) in [5.41, 5.74) is 1.40.